The van der Waals surface area contributed by atoms with Crippen LogP contribution in [0.25, 0.3) is 0 Å². The monoisotopic (exact) mass is 688 g/mol. The molecule has 4 aromatic carbocycles. The van der Waals surface area contributed by atoms with Crippen molar-refractivity contribution in [1.82, 2.24) is 10.2 Å². The maximum absolute atomic E-state index is 14.0. The summed E-state index contributed by atoms with van der Waals surface area (Å²) in [6.07, 6.45) is 5.01. The van der Waals surface area contributed by atoms with Gasteiger partial charge in [0.2, 0.25) is 11.8 Å². The molecule has 1 heterocycles. The highest BCUT2D eigenvalue weighted by molar-refractivity contribution is 5.91. The first-order chi connectivity index (χ1) is 24.5. The number of aliphatic carboxylic acids is 1. The van der Waals surface area contributed by atoms with Gasteiger partial charge in [-0.25, -0.2) is 4.79 Å². The molecule has 0 bridgehead atoms. The molecule has 0 aromatic heterocycles. The number of hydrogen-bond donors (Lipinski definition) is 2. The van der Waals surface area contributed by atoms with Gasteiger partial charge in [0, 0.05) is 25.8 Å². The molecule has 2 aliphatic rings. The lowest BCUT2D eigenvalue weighted by atomic mass is 9.87. The second kappa shape index (κ2) is 15.8. The van der Waals surface area contributed by atoms with Gasteiger partial charge in [0.1, 0.15) is 35.9 Å². The van der Waals surface area contributed by atoms with Crippen LogP contribution in [-0.4, -0.2) is 39.9 Å². The van der Waals surface area contributed by atoms with Crippen molar-refractivity contribution >= 4 is 17.8 Å². The number of nitrogens with zero attached hydrogens (tertiary/aromatic N) is 1. The predicted molar refractivity (Wildman–Crippen MR) is 197 cm³/mol. The molecule has 0 spiro atoms. The van der Waals surface area contributed by atoms with E-state index in [1.165, 1.54) is 5.56 Å². The highest BCUT2D eigenvalue weighted by Gasteiger charge is 2.37. The van der Waals surface area contributed by atoms with E-state index < -0.39 is 24.0 Å². The summed E-state index contributed by atoms with van der Waals surface area (Å²) < 4.78 is 12.1. The largest absolute Gasteiger partial charge is 0.489 e. The lowest BCUT2D eigenvalue weighted by Gasteiger charge is -2.37. The minimum atomic E-state index is -1.17. The van der Waals surface area contributed by atoms with Crippen LogP contribution < -0.4 is 14.8 Å². The standard InChI is InChI=1S/C43H48N2O6/c1-43(2,3)34-16-21-36(22-17-34)51-37-20-15-32-27-45(40(46)24-29-9-7-8-10-29)39(26-33(32)25-37)41(47)44-38(42(48)49)23-30-13-18-35(19-14-30)50-28-31-11-5-4-6-12-31/h4-6,11-22,25,29,38-39H,7-10,23-24,26-28H2,1-3H3,(H,44,47)(H,48,49)/t38-,39-/m0/s1. The number of nitrogens with one attached hydrogen (secondary N) is 1. The quantitative estimate of drug-likeness (QED) is 0.156. The summed E-state index contributed by atoms with van der Waals surface area (Å²) >= 11 is 0. The first-order valence-corrected chi connectivity index (χ1v) is 18.0. The Hall–Kier alpha value is -5.11. The van der Waals surface area contributed by atoms with Gasteiger partial charge in [-0.3, -0.25) is 9.59 Å². The van der Waals surface area contributed by atoms with Gasteiger partial charge >= 0.3 is 5.97 Å². The van der Waals surface area contributed by atoms with Gasteiger partial charge in [-0.05, 0) is 88.4 Å². The average Bonchev–Trinajstić information content (AvgIpc) is 3.63. The maximum Gasteiger partial charge on any atom is 0.326 e. The topological polar surface area (TPSA) is 105 Å². The van der Waals surface area contributed by atoms with E-state index in [1.54, 1.807) is 17.0 Å². The summed E-state index contributed by atoms with van der Waals surface area (Å²) in [4.78, 5) is 41.9. The third-order valence-electron chi connectivity index (χ3n) is 10.1. The molecule has 2 N–H and O–H groups in total. The summed E-state index contributed by atoms with van der Waals surface area (Å²) in [5, 5.41) is 13.0. The lowest BCUT2D eigenvalue weighted by Crippen LogP contribution is -2.56. The summed E-state index contributed by atoms with van der Waals surface area (Å²) in [5.41, 5.74) is 4.89. The highest BCUT2D eigenvalue weighted by atomic mass is 16.5. The molecule has 1 saturated carbocycles. The minimum absolute atomic E-state index is 0.0306. The van der Waals surface area contributed by atoms with Crippen LogP contribution in [0.5, 0.6) is 17.2 Å². The lowest BCUT2D eigenvalue weighted by molar-refractivity contribution is -0.145. The molecule has 8 heteroatoms. The van der Waals surface area contributed by atoms with Crippen molar-refractivity contribution in [2.75, 3.05) is 0 Å². The number of carboxylic acid groups (broad SMARTS) is 1. The molecule has 0 radical (unpaired) electrons. The van der Waals surface area contributed by atoms with E-state index in [9.17, 15) is 19.5 Å². The van der Waals surface area contributed by atoms with Gasteiger partial charge in [0.15, 0.2) is 0 Å². The van der Waals surface area contributed by atoms with Crippen LogP contribution in [0.15, 0.2) is 97.1 Å². The summed E-state index contributed by atoms with van der Waals surface area (Å²) in [6, 6.07) is 28.9. The Morgan fingerprint density at radius 1 is 0.824 bits per heavy atom. The normalized spacial score (nSPS) is 16.6. The molecule has 2 atom stereocenters. The molecule has 1 aliphatic heterocycles. The zero-order valence-corrected chi connectivity index (χ0v) is 29.8. The number of amides is 2. The molecular weight excluding hydrogens is 640 g/mol. The van der Waals surface area contributed by atoms with Gasteiger partial charge in [-0.15, -0.1) is 0 Å². The van der Waals surface area contributed by atoms with Crippen LogP contribution in [0.1, 0.15) is 80.7 Å². The first kappa shape index (κ1) is 35.7. The fraction of sp³-hybridized carbons (Fsp3) is 0.372. The van der Waals surface area contributed by atoms with E-state index in [2.05, 4.69) is 38.2 Å². The van der Waals surface area contributed by atoms with Gasteiger partial charge in [0.05, 0.1) is 0 Å². The second-order valence-electron chi connectivity index (χ2n) is 14.9. The third kappa shape index (κ3) is 9.37. The Kier molecular flexibility index (Phi) is 11.1. The molecule has 0 unspecified atom stereocenters. The van der Waals surface area contributed by atoms with Crippen LogP contribution in [0.2, 0.25) is 0 Å². The van der Waals surface area contributed by atoms with Crippen molar-refractivity contribution in [3.8, 4) is 17.2 Å². The van der Waals surface area contributed by atoms with Crippen LogP contribution in [0.4, 0.5) is 0 Å². The maximum atomic E-state index is 14.0. The minimum Gasteiger partial charge on any atom is -0.489 e. The van der Waals surface area contributed by atoms with E-state index >= 15 is 0 Å². The fourth-order valence-corrected chi connectivity index (χ4v) is 7.02. The van der Waals surface area contributed by atoms with E-state index in [0.29, 0.717) is 36.2 Å². The number of carboxylic acids is 1. The molecule has 1 fully saturated rings. The predicted octanol–water partition coefficient (Wildman–Crippen LogP) is 8.00. The Morgan fingerprint density at radius 2 is 1.49 bits per heavy atom. The van der Waals surface area contributed by atoms with E-state index in [1.807, 2.05) is 72.8 Å². The van der Waals surface area contributed by atoms with Crippen LogP contribution >= 0.6 is 0 Å². The third-order valence-corrected chi connectivity index (χ3v) is 10.1. The molecule has 2 amide bonds. The molecule has 4 aromatic rings. The number of hydrogen-bond acceptors (Lipinski definition) is 5. The molecule has 51 heavy (non-hydrogen) atoms. The molecule has 6 rings (SSSR count). The van der Waals surface area contributed by atoms with Gasteiger partial charge < -0.3 is 24.8 Å². The van der Waals surface area contributed by atoms with Crippen molar-refractivity contribution in [3.05, 3.63) is 125 Å². The average molecular weight is 689 g/mol. The molecule has 1 aliphatic carbocycles. The van der Waals surface area contributed by atoms with Crippen LogP contribution in [-0.2, 0) is 45.8 Å². The van der Waals surface area contributed by atoms with Crippen LogP contribution in [0.3, 0.4) is 0 Å². The number of benzene rings is 4. The second-order valence-corrected chi connectivity index (χ2v) is 14.9. The summed E-state index contributed by atoms with van der Waals surface area (Å²) in [7, 11) is 0. The van der Waals surface area contributed by atoms with Crippen molar-refractivity contribution < 1.29 is 29.0 Å². The Labute approximate surface area is 300 Å². The Bertz CT molecular complexity index is 1810. The van der Waals surface area contributed by atoms with E-state index in [0.717, 1.165) is 47.9 Å². The van der Waals surface area contributed by atoms with E-state index in [4.69, 9.17) is 9.47 Å². The van der Waals surface area contributed by atoms with Crippen molar-refractivity contribution in [2.24, 2.45) is 5.92 Å². The fourth-order valence-electron chi connectivity index (χ4n) is 7.02. The van der Waals surface area contributed by atoms with Gasteiger partial charge in [-0.1, -0.05) is 94.3 Å². The number of rotatable bonds is 12. The van der Waals surface area contributed by atoms with Crippen molar-refractivity contribution in [3.63, 3.8) is 0 Å². The number of carbonyl (C=O) groups excluding carboxylic acids is 2. The van der Waals surface area contributed by atoms with Gasteiger partial charge in [-0.2, -0.15) is 0 Å². The summed E-state index contributed by atoms with van der Waals surface area (Å²) in [6.45, 7) is 7.20. The van der Waals surface area contributed by atoms with Crippen LogP contribution in [0, 0.1) is 5.92 Å². The smallest absolute Gasteiger partial charge is 0.326 e. The molecule has 8 nitrogen and oxygen atoms in total. The zero-order chi connectivity index (χ0) is 36.0. The number of ether oxygens (including phenoxy) is 2. The Balaban J connectivity index is 1.16. The molecule has 266 valence electrons. The number of fused-ring (bicyclic) bond motifs is 1. The molecular formula is C43H48N2O6. The number of carbonyl (C=O) groups is 3. The van der Waals surface area contributed by atoms with E-state index in [-0.39, 0.29) is 30.7 Å². The zero-order valence-electron chi connectivity index (χ0n) is 29.8. The van der Waals surface area contributed by atoms with Crippen molar-refractivity contribution in [2.45, 2.75) is 96.4 Å². The first-order valence-electron chi connectivity index (χ1n) is 18.0. The summed E-state index contributed by atoms with van der Waals surface area (Å²) in [5.74, 6) is 0.657. The Morgan fingerprint density at radius 3 is 2.16 bits per heavy atom. The highest BCUT2D eigenvalue weighted by Crippen LogP contribution is 2.33. The van der Waals surface area contributed by atoms with Gasteiger partial charge in [0.25, 0.3) is 0 Å². The SMILES string of the molecule is CC(C)(C)c1ccc(Oc2ccc3c(c2)C[C@@H](C(=O)N[C@@H](Cc2ccc(OCc4ccccc4)cc2)C(=O)O)N(C(=O)CC2CCCC2)C3)cc1. The molecule has 0 saturated heterocycles. The van der Waals surface area contributed by atoms with Crippen molar-refractivity contribution in [1.29, 1.82) is 0 Å².